The van der Waals surface area contributed by atoms with E-state index in [1.54, 1.807) is 31.2 Å². The summed E-state index contributed by atoms with van der Waals surface area (Å²) in [5.74, 6) is -0.122. The number of hydrogen-bond donors (Lipinski definition) is 3. The zero-order valence-corrected chi connectivity index (χ0v) is 17.3. The first-order valence-corrected chi connectivity index (χ1v) is 10.0. The van der Waals surface area contributed by atoms with Crippen LogP contribution in [-0.2, 0) is 9.53 Å². The van der Waals surface area contributed by atoms with E-state index in [9.17, 15) is 14.0 Å². The second-order valence-electron chi connectivity index (χ2n) is 7.42. The first-order valence-electron chi connectivity index (χ1n) is 10.0. The number of amides is 2. The number of halogens is 1. The summed E-state index contributed by atoms with van der Waals surface area (Å²) in [5.41, 5.74) is 1.74. The summed E-state index contributed by atoms with van der Waals surface area (Å²) in [5, 5.41) is 7.50. The van der Waals surface area contributed by atoms with Crippen molar-refractivity contribution in [2.45, 2.75) is 32.9 Å². The van der Waals surface area contributed by atoms with E-state index in [0.29, 0.717) is 23.6 Å². The zero-order chi connectivity index (χ0) is 21.7. The smallest absolute Gasteiger partial charge is 0.338 e. The van der Waals surface area contributed by atoms with Gasteiger partial charge in [-0.25, -0.2) is 14.0 Å². The predicted molar refractivity (Wildman–Crippen MR) is 108 cm³/mol. The van der Waals surface area contributed by atoms with Gasteiger partial charge >= 0.3 is 12.0 Å². The molecule has 0 fully saturated rings. The Morgan fingerprint density at radius 3 is 2.60 bits per heavy atom. The number of ether oxygens (including phenoxy) is 1. The van der Waals surface area contributed by atoms with Crippen molar-refractivity contribution in [3.05, 3.63) is 71.1 Å². The van der Waals surface area contributed by atoms with Crippen LogP contribution in [0.2, 0.25) is 0 Å². The van der Waals surface area contributed by atoms with Gasteiger partial charge in [-0.15, -0.1) is 0 Å². The highest BCUT2D eigenvalue weighted by atomic mass is 19.1. The van der Waals surface area contributed by atoms with Crippen molar-refractivity contribution >= 4 is 12.0 Å². The van der Waals surface area contributed by atoms with E-state index in [1.165, 1.54) is 18.4 Å². The highest BCUT2D eigenvalue weighted by Gasteiger charge is 2.36. The molecule has 0 saturated heterocycles. The van der Waals surface area contributed by atoms with Crippen molar-refractivity contribution in [1.82, 2.24) is 10.6 Å². The van der Waals surface area contributed by atoms with Crippen molar-refractivity contribution in [3.8, 4) is 0 Å². The minimum Gasteiger partial charge on any atom is -0.467 e. The number of furan rings is 1. The van der Waals surface area contributed by atoms with Gasteiger partial charge in [-0.2, -0.15) is 0 Å². The maximum absolute atomic E-state index is 13.3. The van der Waals surface area contributed by atoms with Crippen molar-refractivity contribution < 1.29 is 28.5 Å². The third-order valence-electron chi connectivity index (χ3n) is 5.03. The molecule has 30 heavy (non-hydrogen) atoms. The van der Waals surface area contributed by atoms with E-state index in [-0.39, 0.29) is 24.4 Å². The maximum atomic E-state index is 13.3. The number of quaternary nitrogens is 1. The topological polar surface area (TPSA) is 97.2 Å². The Labute approximate surface area is 174 Å². The lowest BCUT2D eigenvalue weighted by Crippen LogP contribution is -2.87. The number of nitrogens with one attached hydrogen (secondary N) is 2. The molecular weight excluding hydrogens is 389 g/mol. The minimum atomic E-state index is -0.737. The molecule has 0 saturated carbocycles. The standard InChI is InChI=1S/C22H26FN3O4/c1-4-29-21(27)18-16(25-22(28)26-20(18)17-6-5-11-30-17)12-24-19(13(2)3)14-7-9-15(23)10-8-14/h5-11,13,19-20,24H,4,12H2,1-3H3,(H2,25,26,28)/p+1/t19-,20+/m0/s1. The van der Waals surface area contributed by atoms with Crippen LogP contribution in [0.15, 0.2) is 58.3 Å². The van der Waals surface area contributed by atoms with Crippen LogP contribution in [0.25, 0.3) is 0 Å². The Kier molecular flexibility index (Phi) is 6.89. The Hall–Kier alpha value is -3.13. The van der Waals surface area contributed by atoms with E-state index in [2.05, 4.69) is 24.5 Å². The Morgan fingerprint density at radius 1 is 1.27 bits per heavy atom. The molecule has 8 heteroatoms. The van der Waals surface area contributed by atoms with E-state index in [4.69, 9.17) is 9.15 Å². The van der Waals surface area contributed by atoms with E-state index in [1.807, 2.05) is 5.32 Å². The van der Waals surface area contributed by atoms with E-state index < -0.39 is 18.0 Å². The van der Waals surface area contributed by atoms with Crippen LogP contribution in [0.1, 0.15) is 44.2 Å². The van der Waals surface area contributed by atoms with Gasteiger partial charge in [0.25, 0.3) is 0 Å². The summed E-state index contributed by atoms with van der Waals surface area (Å²) in [7, 11) is 0. The normalized spacial score (nSPS) is 17.5. The molecule has 2 heterocycles. The quantitative estimate of drug-likeness (QED) is 0.576. The van der Waals surface area contributed by atoms with Crippen LogP contribution in [0.4, 0.5) is 9.18 Å². The summed E-state index contributed by atoms with van der Waals surface area (Å²) in [6.45, 7) is 6.40. The molecule has 7 nitrogen and oxygen atoms in total. The van der Waals surface area contributed by atoms with Gasteiger partial charge in [-0.3, -0.25) is 0 Å². The van der Waals surface area contributed by atoms with Crippen molar-refractivity contribution in [1.29, 1.82) is 0 Å². The molecule has 1 aromatic heterocycles. The van der Waals surface area contributed by atoms with E-state index >= 15 is 0 Å². The van der Waals surface area contributed by atoms with Gasteiger partial charge in [0.2, 0.25) is 0 Å². The number of carbonyl (C=O) groups excluding carboxylic acids is 2. The van der Waals surface area contributed by atoms with Gasteiger partial charge in [0, 0.05) is 11.5 Å². The van der Waals surface area contributed by atoms with Crippen LogP contribution in [0, 0.1) is 11.7 Å². The highest BCUT2D eigenvalue weighted by Crippen LogP contribution is 2.28. The lowest BCUT2D eigenvalue weighted by molar-refractivity contribution is -0.696. The molecule has 2 aromatic rings. The largest absolute Gasteiger partial charge is 0.467 e. The van der Waals surface area contributed by atoms with Gasteiger partial charge < -0.3 is 25.1 Å². The zero-order valence-electron chi connectivity index (χ0n) is 17.3. The van der Waals surface area contributed by atoms with E-state index in [0.717, 1.165) is 5.56 Å². The number of nitrogens with two attached hydrogens (primary N) is 1. The second kappa shape index (κ2) is 9.58. The molecule has 0 bridgehead atoms. The first kappa shape index (κ1) is 21.6. The summed E-state index contributed by atoms with van der Waals surface area (Å²) < 4.78 is 24.0. The van der Waals surface area contributed by atoms with Crippen LogP contribution < -0.4 is 16.0 Å². The molecule has 2 atom stereocenters. The summed E-state index contributed by atoms with van der Waals surface area (Å²) in [6, 6.07) is 8.62. The Balaban J connectivity index is 1.92. The van der Waals surface area contributed by atoms with Crippen LogP contribution in [-0.4, -0.2) is 25.2 Å². The highest BCUT2D eigenvalue weighted by molar-refractivity contribution is 5.95. The monoisotopic (exact) mass is 416 g/mol. The van der Waals surface area contributed by atoms with Crippen molar-refractivity contribution in [2.75, 3.05) is 13.2 Å². The van der Waals surface area contributed by atoms with Crippen LogP contribution >= 0.6 is 0 Å². The molecule has 1 aliphatic heterocycles. The fourth-order valence-electron chi connectivity index (χ4n) is 3.62. The summed E-state index contributed by atoms with van der Waals surface area (Å²) in [6.07, 6.45) is 1.49. The Bertz CT molecular complexity index is 907. The molecular formula is C22H27FN3O4+. The number of carbonyl (C=O) groups is 2. The lowest BCUT2D eigenvalue weighted by atomic mass is 9.95. The molecule has 1 aliphatic rings. The number of hydrogen-bond acceptors (Lipinski definition) is 4. The van der Waals surface area contributed by atoms with Gasteiger partial charge in [0.05, 0.1) is 24.1 Å². The number of esters is 1. The molecule has 0 aliphatic carbocycles. The van der Waals surface area contributed by atoms with Crippen LogP contribution in [0.5, 0.6) is 0 Å². The molecule has 2 amide bonds. The van der Waals surface area contributed by atoms with Crippen molar-refractivity contribution in [2.24, 2.45) is 5.92 Å². The molecule has 0 radical (unpaired) electrons. The van der Waals surface area contributed by atoms with Gasteiger partial charge in [-0.1, -0.05) is 26.0 Å². The molecule has 0 unspecified atom stereocenters. The average Bonchev–Trinajstić information content (AvgIpc) is 3.23. The number of urea groups is 1. The second-order valence-corrected chi connectivity index (χ2v) is 7.42. The fraction of sp³-hybridized carbons (Fsp3) is 0.364. The van der Waals surface area contributed by atoms with Gasteiger partial charge in [0.15, 0.2) is 0 Å². The van der Waals surface area contributed by atoms with Gasteiger partial charge in [0.1, 0.15) is 30.2 Å². The molecule has 1 aromatic carbocycles. The fourth-order valence-corrected chi connectivity index (χ4v) is 3.62. The molecule has 0 spiro atoms. The number of rotatable bonds is 8. The maximum Gasteiger partial charge on any atom is 0.338 e. The Morgan fingerprint density at radius 2 is 2.00 bits per heavy atom. The first-order chi connectivity index (χ1) is 14.4. The number of benzene rings is 1. The molecule has 4 N–H and O–H groups in total. The SMILES string of the molecule is CCOC(=O)C1=C(C[NH2+][C@H](c2ccc(F)cc2)C(C)C)NC(=O)N[C@@H]1c1ccco1. The van der Waals surface area contributed by atoms with Crippen LogP contribution in [0.3, 0.4) is 0 Å². The van der Waals surface area contributed by atoms with Gasteiger partial charge in [-0.05, 0) is 31.2 Å². The third-order valence-corrected chi connectivity index (χ3v) is 5.03. The van der Waals surface area contributed by atoms with Crippen molar-refractivity contribution in [3.63, 3.8) is 0 Å². The lowest BCUT2D eigenvalue weighted by Gasteiger charge is -2.28. The molecule has 3 rings (SSSR count). The summed E-state index contributed by atoms with van der Waals surface area (Å²) >= 11 is 0. The molecule has 160 valence electrons. The average molecular weight is 416 g/mol. The summed E-state index contributed by atoms with van der Waals surface area (Å²) in [4.78, 5) is 25.0. The minimum absolute atomic E-state index is 0.00963. The third kappa shape index (κ3) is 4.88. The predicted octanol–water partition coefficient (Wildman–Crippen LogP) is 2.55.